The van der Waals surface area contributed by atoms with Crippen LogP contribution in [-0.2, 0) is 4.79 Å². The summed E-state index contributed by atoms with van der Waals surface area (Å²) < 4.78 is 5.54. The highest BCUT2D eigenvalue weighted by Crippen LogP contribution is 2.36. The molecule has 0 saturated carbocycles. The van der Waals surface area contributed by atoms with Crippen molar-refractivity contribution in [1.82, 2.24) is 0 Å². The first-order valence-electron chi connectivity index (χ1n) is 4.96. The Morgan fingerprint density at radius 3 is 3.12 bits per heavy atom. The minimum Gasteiger partial charge on any atom is -0.508 e. The van der Waals surface area contributed by atoms with E-state index in [4.69, 9.17) is 4.74 Å². The highest BCUT2D eigenvalue weighted by Gasteiger charge is 2.24. The Kier molecular flexibility index (Phi) is 1.77. The van der Waals surface area contributed by atoms with E-state index in [9.17, 15) is 9.90 Å². The Morgan fingerprint density at radius 1 is 1.38 bits per heavy atom. The molecule has 1 aliphatic carbocycles. The third-order valence-electron chi connectivity index (χ3n) is 2.54. The van der Waals surface area contributed by atoms with Crippen molar-refractivity contribution in [2.24, 2.45) is 0 Å². The van der Waals surface area contributed by atoms with E-state index < -0.39 is 0 Å². The quantitative estimate of drug-likeness (QED) is 0.649. The zero-order chi connectivity index (χ0) is 11.1. The van der Waals surface area contributed by atoms with Gasteiger partial charge in [0.1, 0.15) is 11.4 Å². The van der Waals surface area contributed by atoms with Gasteiger partial charge in [0.15, 0.2) is 17.3 Å². The number of rotatable bonds is 0. The molecule has 0 fully saturated rings. The number of hydrogen-bond acceptors (Lipinski definition) is 4. The lowest BCUT2D eigenvalue weighted by Gasteiger charge is -2.24. The lowest BCUT2D eigenvalue weighted by molar-refractivity contribution is -0.114. The van der Waals surface area contributed by atoms with Crippen LogP contribution in [0.2, 0.25) is 0 Å². The van der Waals surface area contributed by atoms with Gasteiger partial charge < -0.3 is 15.2 Å². The molecular weight excluding hydrogens is 206 g/mol. The number of aromatic hydroxyl groups is 1. The van der Waals surface area contributed by atoms with Crippen LogP contribution in [0.1, 0.15) is 6.42 Å². The largest absolute Gasteiger partial charge is 0.508 e. The van der Waals surface area contributed by atoms with Gasteiger partial charge in [-0.05, 0) is 18.2 Å². The lowest BCUT2D eigenvalue weighted by atomic mass is 10.1. The second kappa shape index (κ2) is 3.13. The van der Waals surface area contributed by atoms with Gasteiger partial charge in [-0.2, -0.15) is 0 Å². The van der Waals surface area contributed by atoms with Crippen LogP contribution in [0.3, 0.4) is 0 Å². The molecule has 1 aromatic rings. The van der Waals surface area contributed by atoms with Gasteiger partial charge in [-0.3, -0.25) is 4.79 Å². The number of anilines is 1. The molecule has 0 aromatic heterocycles. The fourth-order valence-electron chi connectivity index (χ4n) is 1.76. The first-order valence-corrected chi connectivity index (χ1v) is 4.96. The predicted octanol–water partition coefficient (Wildman–Crippen LogP) is 1.94. The maximum absolute atomic E-state index is 11.6. The van der Waals surface area contributed by atoms with E-state index in [2.05, 4.69) is 5.32 Å². The molecule has 80 valence electrons. The van der Waals surface area contributed by atoms with Crippen molar-refractivity contribution in [2.75, 3.05) is 5.32 Å². The molecule has 0 amide bonds. The average molecular weight is 215 g/mol. The third kappa shape index (κ3) is 1.27. The molecule has 1 aromatic carbocycles. The molecule has 0 bridgehead atoms. The number of fused-ring (bicyclic) bond motifs is 1. The minimum atomic E-state index is 0.0104. The van der Waals surface area contributed by atoms with Crippen LogP contribution in [0.15, 0.2) is 41.8 Å². The summed E-state index contributed by atoms with van der Waals surface area (Å²) in [5.41, 5.74) is 1.18. The van der Waals surface area contributed by atoms with Gasteiger partial charge in [-0.15, -0.1) is 0 Å². The Bertz CT molecular complexity index is 543. The number of nitrogens with one attached hydrogen (secondary N) is 1. The fraction of sp³-hybridized carbons (Fsp3) is 0.0833. The molecule has 3 rings (SSSR count). The van der Waals surface area contributed by atoms with Gasteiger partial charge in [0.05, 0.1) is 5.69 Å². The van der Waals surface area contributed by atoms with Crippen molar-refractivity contribution in [3.63, 3.8) is 0 Å². The molecule has 2 aliphatic rings. The zero-order valence-corrected chi connectivity index (χ0v) is 8.36. The summed E-state index contributed by atoms with van der Waals surface area (Å²) in [5, 5.41) is 12.3. The number of benzene rings is 1. The number of hydrogen-bond donors (Lipinski definition) is 2. The fourth-order valence-corrected chi connectivity index (χ4v) is 1.76. The van der Waals surface area contributed by atoms with Gasteiger partial charge in [0, 0.05) is 12.5 Å². The summed E-state index contributed by atoms with van der Waals surface area (Å²) >= 11 is 0. The number of phenolic OH excluding ortho intramolecular Hbond substituents is 1. The number of allylic oxidation sites excluding steroid dienone is 3. The molecule has 1 aliphatic heterocycles. The Hall–Kier alpha value is -2.23. The Labute approximate surface area is 91.8 Å². The monoisotopic (exact) mass is 215 g/mol. The van der Waals surface area contributed by atoms with Gasteiger partial charge in [-0.25, -0.2) is 0 Å². The summed E-state index contributed by atoms with van der Waals surface area (Å²) in [5.74, 6) is 1.18. The highest BCUT2D eigenvalue weighted by atomic mass is 16.5. The maximum Gasteiger partial charge on any atom is 0.186 e. The minimum absolute atomic E-state index is 0.0104. The first kappa shape index (κ1) is 9.03. The van der Waals surface area contributed by atoms with Crippen molar-refractivity contribution in [1.29, 1.82) is 0 Å². The van der Waals surface area contributed by atoms with Gasteiger partial charge in [-0.1, -0.05) is 6.08 Å². The average Bonchev–Trinajstić information content (AvgIpc) is 2.27. The number of Topliss-reactive ketones (excluding diaryl/α,β-unsaturated/α-hetero) is 1. The van der Waals surface area contributed by atoms with Crippen LogP contribution in [0.25, 0.3) is 0 Å². The maximum atomic E-state index is 11.6. The smallest absolute Gasteiger partial charge is 0.186 e. The zero-order valence-electron chi connectivity index (χ0n) is 8.36. The van der Waals surface area contributed by atoms with Crippen LogP contribution < -0.4 is 10.1 Å². The van der Waals surface area contributed by atoms with Crippen LogP contribution in [-0.4, -0.2) is 10.9 Å². The van der Waals surface area contributed by atoms with Crippen LogP contribution in [0.5, 0.6) is 11.5 Å². The second-order valence-corrected chi connectivity index (χ2v) is 3.68. The third-order valence-corrected chi connectivity index (χ3v) is 2.54. The van der Waals surface area contributed by atoms with Crippen molar-refractivity contribution >= 4 is 11.5 Å². The molecule has 0 radical (unpaired) electrons. The molecule has 0 spiro atoms. The first-order chi connectivity index (χ1) is 7.74. The summed E-state index contributed by atoms with van der Waals surface area (Å²) in [6.07, 6.45) is 3.91. The van der Waals surface area contributed by atoms with Crippen LogP contribution >= 0.6 is 0 Å². The molecule has 4 nitrogen and oxygen atoms in total. The van der Waals surface area contributed by atoms with Crippen LogP contribution in [0.4, 0.5) is 5.69 Å². The summed E-state index contributed by atoms with van der Waals surface area (Å²) in [6.45, 7) is 0. The van der Waals surface area contributed by atoms with E-state index >= 15 is 0 Å². The topological polar surface area (TPSA) is 58.6 Å². The van der Waals surface area contributed by atoms with Crippen molar-refractivity contribution in [2.45, 2.75) is 6.42 Å². The van der Waals surface area contributed by atoms with Crippen LogP contribution in [0, 0.1) is 0 Å². The molecule has 0 atom stereocenters. The highest BCUT2D eigenvalue weighted by molar-refractivity contribution is 6.02. The van der Waals surface area contributed by atoms with Gasteiger partial charge >= 0.3 is 0 Å². The predicted molar refractivity (Wildman–Crippen MR) is 58.1 cm³/mol. The number of carbonyl (C=O) groups excluding carboxylic acids is 1. The van der Waals surface area contributed by atoms with Gasteiger partial charge in [0.25, 0.3) is 0 Å². The molecule has 1 heterocycles. The molecular formula is C12H9NO3. The summed E-state index contributed by atoms with van der Waals surface area (Å²) in [6, 6.07) is 4.74. The summed E-state index contributed by atoms with van der Waals surface area (Å²) in [4.78, 5) is 11.6. The molecule has 2 N–H and O–H groups in total. The van der Waals surface area contributed by atoms with Gasteiger partial charge in [0.2, 0.25) is 0 Å². The number of phenols is 1. The van der Waals surface area contributed by atoms with Crippen molar-refractivity contribution in [3.8, 4) is 11.5 Å². The Balaban J connectivity index is 2.07. The van der Waals surface area contributed by atoms with E-state index in [1.165, 1.54) is 6.07 Å². The van der Waals surface area contributed by atoms with Crippen molar-refractivity contribution < 1.29 is 14.6 Å². The van der Waals surface area contributed by atoms with E-state index in [0.29, 0.717) is 29.3 Å². The number of ketones is 1. The van der Waals surface area contributed by atoms with E-state index in [0.717, 1.165) is 0 Å². The number of carbonyl (C=O) groups is 1. The normalized spacial score (nSPS) is 17.4. The Morgan fingerprint density at radius 2 is 2.25 bits per heavy atom. The molecule has 0 unspecified atom stereocenters. The summed E-state index contributed by atoms with van der Waals surface area (Å²) in [7, 11) is 0. The van der Waals surface area contributed by atoms with E-state index in [1.54, 1.807) is 24.3 Å². The number of ether oxygens (including phenoxy) is 1. The standard InChI is InChI=1S/C12H9NO3/c14-7-4-5-8-11(6-7)16-10-3-1-2-9(15)12(10)13-8/h1,3-6,13-14H,2H2. The van der Waals surface area contributed by atoms with E-state index in [1.807, 2.05) is 0 Å². The second-order valence-electron chi connectivity index (χ2n) is 3.68. The SMILES string of the molecule is O=C1CC=CC2=C1Nc1ccc(O)cc1O2. The molecule has 16 heavy (non-hydrogen) atoms. The molecule has 0 saturated heterocycles. The molecule has 4 heteroatoms. The van der Waals surface area contributed by atoms with E-state index in [-0.39, 0.29) is 11.5 Å². The van der Waals surface area contributed by atoms with Crippen molar-refractivity contribution in [3.05, 3.63) is 41.8 Å². The lowest BCUT2D eigenvalue weighted by Crippen LogP contribution is -2.22.